The summed E-state index contributed by atoms with van der Waals surface area (Å²) in [6.45, 7) is 6.93. The van der Waals surface area contributed by atoms with Gasteiger partial charge in [0.25, 0.3) is 0 Å². The highest BCUT2D eigenvalue weighted by Crippen LogP contribution is 2.17. The van der Waals surface area contributed by atoms with Crippen molar-refractivity contribution in [1.82, 2.24) is 4.90 Å². The number of nitrogens with zero attached hydrogens (tertiary/aromatic N) is 1. The lowest BCUT2D eigenvalue weighted by molar-refractivity contribution is 0.0758. The Morgan fingerprint density at radius 1 is 1.25 bits per heavy atom. The van der Waals surface area contributed by atoms with E-state index in [9.17, 15) is 4.21 Å². The monoisotopic (exact) mass is 295 g/mol. The molecular weight excluding hydrogens is 270 g/mol. The van der Waals surface area contributed by atoms with Crippen molar-refractivity contribution in [3.63, 3.8) is 0 Å². The number of benzene rings is 1. The van der Waals surface area contributed by atoms with Crippen LogP contribution in [-0.2, 0) is 15.5 Å². The molecule has 1 aromatic carbocycles. The Balaban J connectivity index is 1.67. The minimum absolute atomic E-state index is 0.714. The summed E-state index contributed by atoms with van der Waals surface area (Å²) in [5, 5.41) is 0. The molecule has 1 heterocycles. The van der Waals surface area contributed by atoms with E-state index in [0.717, 1.165) is 43.5 Å². The lowest BCUT2D eigenvalue weighted by Crippen LogP contribution is -2.37. The molecule has 0 aromatic heterocycles. The number of ether oxygens (including phenoxy) is 1. The second kappa shape index (κ2) is 8.55. The molecule has 0 aliphatic carbocycles. The summed E-state index contributed by atoms with van der Waals surface area (Å²) in [5.74, 6) is 1.45. The van der Waals surface area contributed by atoms with Gasteiger partial charge in [0.15, 0.2) is 0 Å². The van der Waals surface area contributed by atoms with Gasteiger partial charge in [-0.25, -0.2) is 0 Å². The lowest BCUT2D eigenvalue weighted by atomic mass is 9.98. The van der Waals surface area contributed by atoms with Crippen LogP contribution in [0.3, 0.4) is 0 Å². The van der Waals surface area contributed by atoms with Crippen molar-refractivity contribution in [2.45, 2.75) is 24.7 Å². The molecule has 0 radical (unpaired) electrons. The first-order chi connectivity index (χ1) is 9.79. The summed E-state index contributed by atoms with van der Waals surface area (Å²) in [4.78, 5) is 3.38. The molecule has 2 rings (SSSR count). The average molecular weight is 295 g/mol. The van der Waals surface area contributed by atoms with E-state index in [-0.39, 0.29) is 0 Å². The number of hydrogen-bond donors (Lipinski definition) is 0. The highest BCUT2D eigenvalue weighted by Gasteiger charge is 2.19. The normalized spacial score (nSPS) is 19.1. The first-order valence-corrected chi connectivity index (χ1v) is 8.85. The van der Waals surface area contributed by atoms with E-state index in [1.54, 1.807) is 0 Å². The highest BCUT2D eigenvalue weighted by atomic mass is 32.2. The fraction of sp³-hybridized carbons (Fsp3) is 0.625. The molecule has 1 aliphatic heterocycles. The van der Waals surface area contributed by atoms with Gasteiger partial charge in [-0.15, -0.1) is 0 Å². The third-order valence-electron chi connectivity index (χ3n) is 3.86. The zero-order valence-electron chi connectivity index (χ0n) is 12.3. The van der Waals surface area contributed by atoms with Crippen molar-refractivity contribution in [2.75, 3.05) is 38.6 Å². The van der Waals surface area contributed by atoms with E-state index in [0.29, 0.717) is 5.92 Å². The molecule has 0 N–H and O–H groups in total. The molecule has 4 heteroatoms. The van der Waals surface area contributed by atoms with E-state index in [4.69, 9.17) is 4.74 Å². The van der Waals surface area contributed by atoms with Crippen LogP contribution < -0.4 is 0 Å². The van der Waals surface area contributed by atoms with Gasteiger partial charge in [0.2, 0.25) is 0 Å². The van der Waals surface area contributed by atoms with Crippen LogP contribution in [-0.4, -0.2) is 47.7 Å². The number of hydrogen-bond acceptors (Lipinski definition) is 3. The molecule has 3 nitrogen and oxygen atoms in total. The van der Waals surface area contributed by atoms with E-state index < -0.39 is 10.8 Å². The van der Waals surface area contributed by atoms with Gasteiger partial charge in [0, 0.05) is 30.4 Å². The van der Waals surface area contributed by atoms with Gasteiger partial charge in [0.05, 0.1) is 10.8 Å². The summed E-state index contributed by atoms with van der Waals surface area (Å²) < 4.78 is 17.7. The van der Waals surface area contributed by atoms with Gasteiger partial charge >= 0.3 is 0 Å². The Kier molecular flexibility index (Phi) is 6.70. The number of rotatable bonds is 7. The molecule has 1 atom stereocenters. The van der Waals surface area contributed by atoms with Crippen molar-refractivity contribution in [1.29, 1.82) is 0 Å². The molecule has 20 heavy (non-hydrogen) atoms. The maximum atomic E-state index is 12.2. The van der Waals surface area contributed by atoms with Crippen molar-refractivity contribution < 1.29 is 8.95 Å². The minimum Gasteiger partial charge on any atom is -0.381 e. The molecule has 1 aromatic rings. The average Bonchev–Trinajstić information content (AvgIpc) is 2.52. The first kappa shape index (κ1) is 15.7. The smallest absolute Gasteiger partial charge is 0.0542 e. The van der Waals surface area contributed by atoms with Crippen molar-refractivity contribution in [2.24, 2.45) is 5.92 Å². The Bertz CT molecular complexity index is 402. The summed E-state index contributed by atoms with van der Waals surface area (Å²) in [5.41, 5.74) is 0. The van der Waals surface area contributed by atoms with E-state index in [1.807, 2.05) is 37.3 Å². The SMILES string of the molecule is CCOCC1CCN(CC[S@](=O)c2ccccc2)CC1. The molecule has 1 saturated heterocycles. The maximum absolute atomic E-state index is 12.2. The van der Waals surface area contributed by atoms with Crippen LogP contribution in [0.5, 0.6) is 0 Å². The standard InChI is InChI=1S/C16H25NO2S/c1-2-19-14-15-8-10-17(11-9-15)12-13-20(18)16-6-4-3-5-7-16/h3-7,15H,2,8-14H2,1H3/t20-/m0/s1. The Morgan fingerprint density at radius 2 is 1.95 bits per heavy atom. The quantitative estimate of drug-likeness (QED) is 0.774. The van der Waals surface area contributed by atoms with Crippen LogP contribution in [0.4, 0.5) is 0 Å². The Morgan fingerprint density at radius 3 is 2.60 bits per heavy atom. The van der Waals surface area contributed by atoms with Gasteiger partial charge in [-0.3, -0.25) is 4.21 Å². The predicted molar refractivity (Wildman–Crippen MR) is 83.4 cm³/mol. The molecule has 1 aliphatic rings. The third-order valence-corrected chi connectivity index (χ3v) is 5.22. The van der Waals surface area contributed by atoms with Crippen LogP contribution in [0.2, 0.25) is 0 Å². The molecule has 0 amide bonds. The van der Waals surface area contributed by atoms with Crippen LogP contribution >= 0.6 is 0 Å². The number of likely N-dealkylation sites (tertiary alicyclic amines) is 1. The second-order valence-electron chi connectivity index (χ2n) is 5.31. The third kappa shape index (κ3) is 5.00. The molecule has 0 unspecified atom stereocenters. The first-order valence-electron chi connectivity index (χ1n) is 7.53. The zero-order chi connectivity index (χ0) is 14.2. The van der Waals surface area contributed by atoms with E-state index in [2.05, 4.69) is 4.90 Å². The fourth-order valence-corrected chi connectivity index (χ4v) is 3.68. The summed E-state index contributed by atoms with van der Waals surface area (Å²) in [7, 11) is -0.865. The van der Waals surface area contributed by atoms with Crippen molar-refractivity contribution >= 4 is 10.8 Å². The molecular formula is C16H25NO2S. The van der Waals surface area contributed by atoms with Crippen LogP contribution in [0.15, 0.2) is 35.2 Å². The highest BCUT2D eigenvalue weighted by molar-refractivity contribution is 7.85. The fourth-order valence-electron chi connectivity index (χ4n) is 2.56. The maximum Gasteiger partial charge on any atom is 0.0542 e. The molecule has 1 fully saturated rings. The van der Waals surface area contributed by atoms with Crippen molar-refractivity contribution in [3.8, 4) is 0 Å². The van der Waals surface area contributed by atoms with Gasteiger partial charge < -0.3 is 9.64 Å². The Labute approximate surface area is 124 Å². The Hall–Kier alpha value is -0.710. The van der Waals surface area contributed by atoms with E-state index >= 15 is 0 Å². The van der Waals surface area contributed by atoms with Crippen LogP contribution in [0.1, 0.15) is 19.8 Å². The predicted octanol–water partition coefficient (Wildman–Crippen LogP) is 2.54. The molecule has 0 saturated carbocycles. The van der Waals surface area contributed by atoms with Crippen LogP contribution in [0, 0.1) is 5.92 Å². The minimum atomic E-state index is -0.865. The summed E-state index contributed by atoms with van der Waals surface area (Å²) >= 11 is 0. The van der Waals surface area contributed by atoms with Gasteiger partial charge in [-0.05, 0) is 50.9 Å². The van der Waals surface area contributed by atoms with Crippen LogP contribution in [0.25, 0.3) is 0 Å². The topological polar surface area (TPSA) is 29.5 Å². The van der Waals surface area contributed by atoms with Gasteiger partial charge in [-0.1, -0.05) is 18.2 Å². The largest absolute Gasteiger partial charge is 0.381 e. The zero-order valence-corrected chi connectivity index (χ0v) is 13.1. The molecule has 0 spiro atoms. The number of piperidine rings is 1. The van der Waals surface area contributed by atoms with E-state index in [1.165, 1.54) is 12.8 Å². The lowest BCUT2D eigenvalue weighted by Gasteiger charge is -2.31. The second-order valence-corrected chi connectivity index (χ2v) is 6.88. The summed E-state index contributed by atoms with van der Waals surface area (Å²) in [6.07, 6.45) is 2.41. The summed E-state index contributed by atoms with van der Waals surface area (Å²) in [6, 6.07) is 9.76. The molecule has 112 valence electrons. The molecule has 0 bridgehead atoms. The van der Waals surface area contributed by atoms with Gasteiger partial charge in [0.1, 0.15) is 0 Å². The van der Waals surface area contributed by atoms with Crippen molar-refractivity contribution in [3.05, 3.63) is 30.3 Å². The van der Waals surface area contributed by atoms with Gasteiger partial charge in [-0.2, -0.15) is 0 Å².